The Labute approximate surface area is 117 Å². The molecule has 0 bridgehead atoms. The molecule has 1 aliphatic carbocycles. The molecule has 2 fully saturated rings. The van der Waals surface area contributed by atoms with Crippen LogP contribution < -0.4 is 4.90 Å². The Morgan fingerprint density at radius 1 is 1.11 bits per heavy atom. The van der Waals surface area contributed by atoms with Gasteiger partial charge >= 0.3 is 0 Å². The van der Waals surface area contributed by atoms with Gasteiger partial charge in [-0.3, -0.25) is 0 Å². The van der Waals surface area contributed by atoms with Gasteiger partial charge in [0, 0.05) is 13.1 Å². The van der Waals surface area contributed by atoms with Gasteiger partial charge in [-0.05, 0) is 37.2 Å². The Balaban J connectivity index is 2.20. The average Bonchev–Trinajstić information content (AvgIpc) is 3.11. The summed E-state index contributed by atoms with van der Waals surface area (Å²) in [5.74, 6) is 0.983. The Kier molecular flexibility index (Phi) is 3.05. The standard InChI is InChI=1S/C14H13ClN4/c15-13-10(7-16)12(9-3-4-9)11(8-17)14(18-13)19-5-1-2-6-19/h9H,1-6H2. The second-order valence-electron chi connectivity index (χ2n) is 5.08. The number of hydrogen-bond acceptors (Lipinski definition) is 4. The average molecular weight is 273 g/mol. The van der Waals surface area contributed by atoms with Gasteiger partial charge in [0.15, 0.2) is 0 Å². The molecule has 0 aromatic carbocycles. The number of hydrogen-bond donors (Lipinski definition) is 0. The highest BCUT2D eigenvalue weighted by molar-refractivity contribution is 6.30. The van der Waals surface area contributed by atoms with E-state index in [-0.39, 0.29) is 5.15 Å². The summed E-state index contributed by atoms with van der Waals surface area (Å²) in [5.41, 5.74) is 1.78. The van der Waals surface area contributed by atoms with Crippen LogP contribution in [-0.4, -0.2) is 18.1 Å². The van der Waals surface area contributed by atoms with Gasteiger partial charge in [-0.25, -0.2) is 4.98 Å². The Morgan fingerprint density at radius 3 is 2.26 bits per heavy atom. The fourth-order valence-corrected chi connectivity index (χ4v) is 2.94. The van der Waals surface area contributed by atoms with Crippen molar-refractivity contribution in [3.63, 3.8) is 0 Å². The first-order valence-corrected chi connectivity index (χ1v) is 6.92. The van der Waals surface area contributed by atoms with Crippen LogP contribution in [0.5, 0.6) is 0 Å². The third-order valence-corrected chi connectivity index (χ3v) is 4.06. The second-order valence-corrected chi connectivity index (χ2v) is 5.44. The van der Waals surface area contributed by atoms with E-state index in [1.54, 1.807) is 0 Å². The van der Waals surface area contributed by atoms with Crippen LogP contribution in [0.2, 0.25) is 5.15 Å². The molecule has 0 unspecified atom stereocenters. The van der Waals surface area contributed by atoms with Crippen LogP contribution >= 0.6 is 11.6 Å². The Morgan fingerprint density at radius 2 is 1.74 bits per heavy atom. The van der Waals surface area contributed by atoms with Crippen molar-refractivity contribution >= 4 is 17.4 Å². The van der Waals surface area contributed by atoms with Crippen LogP contribution in [0.1, 0.15) is 48.3 Å². The molecule has 4 nitrogen and oxygen atoms in total. The molecule has 0 atom stereocenters. The molecular formula is C14H13ClN4. The highest BCUT2D eigenvalue weighted by Gasteiger charge is 2.33. The molecule has 19 heavy (non-hydrogen) atoms. The number of aromatic nitrogens is 1. The molecule has 0 N–H and O–H groups in total. The molecule has 2 aliphatic rings. The monoisotopic (exact) mass is 272 g/mol. The van der Waals surface area contributed by atoms with E-state index in [0.717, 1.165) is 44.3 Å². The molecule has 5 heteroatoms. The molecule has 1 aromatic heterocycles. The van der Waals surface area contributed by atoms with Crippen molar-refractivity contribution in [1.82, 2.24) is 4.98 Å². The van der Waals surface area contributed by atoms with E-state index in [2.05, 4.69) is 22.0 Å². The van der Waals surface area contributed by atoms with Crippen LogP contribution in [0.25, 0.3) is 0 Å². The van der Waals surface area contributed by atoms with Gasteiger partial charge in [0.05, 0.1) is 11.1 Å². The lowest BCUT2D eigenvalue weighted by Crippen LogP contribution is -2.21. The summed E-state index contributed by atoms with van der Waals surface area (Å²) < 4.78 is 0. The van der Waals surface area contributed by atoms with Crippen LogP contribution in [-0.2, 0) is 0 Å². The van der Waals surface area contributed by atoms with E-state index in [1.165, 1.54) is 0 Å². The van der Waals surface area contributed by atoms with E-state index in [9.17, 15) is 10.5 Å². The van der Waals surface area contributed by atoms with E-state index in [1.807, 2.05) is 0 Å². The number of nitriles is 2. The van der Waals surface area contributed by atoms with Crippen molar-refractivity contribution in [2.75, 3.05) is 18.0 Å². The Bertz CT molecular complexity index is 601. The molecule has 0 radical (unpaired) electrons. The maximum Gasteiger partial charge on any atom is 0.149 e. The largest absolute Gasteiger partial charge is 0.355 e. The molecule has 0 spiro atoms. The summed E-state index contributed by atoms with van der Waals surface area (Å²) >= 11 is 6.14. The van der Waals surface area contributed by atoms with Crippen molar-refractivity contribution in [1.29, 1.82) is 10.5 Å². The number of pyridine rings is 1. The predicted octanol–water partition coefficient (Wildman–Crippen LogP) is 2.96. The fourth-order valence-electron chi connectivity index (χ4n) is 2.72. The summed E-state index contributed by atoms with van der Waals surface area (Å²) in [6.45, 7) is 1.82. The topological polar surface area (TPSA) is 63.7 Å². The smallest absolute Gasteiger partial charge is 0.149 e. The highest BCUT2D eigenvalue weighted by Crippen LogP contribution is 2.46. The lowest BCUT2D eigenvalue weighted by Gasteiger charge is -2.20. The normalized spacial score (nSPS) is 18.2. The number of nitrogens with zero attached hydrogens (tertiary/aromatic N) is 4. The number of anilines is 1. The number of halogens is 1. The van der Waals surface area contributed by atoms with Gasteiger partial charge in [-0.2, -0.15) is 10.5 Å². The van der Waals surface area contributed by atoms with E-state index in [4.69, 9.17) is 11.6 Å². The molecular weight excluding hydrogens is 260 g/mol. The predicted molar refractivity (Wildman–Crippen MR) is 72.1 cm³/mol. The van der Waals surface area contributed by atoms with Gasteiger partial charge in [0.25, 0.3) is 0 Å². The minimum atomic E-state index is 0.241. The van der Waals surface area contributed by atoms with Crippen LogP contribution in [0.4, 0.5) is 5.82 Å². The molecule has 1 aromatic rings. The van der Waals surface area contributed by atoms with Crippen molar-refractivity contribution in [2.45, 2.75) is 31.6 Å². The van der Waals surface area contributed by atoms with Crippen molar-refractivity contribution < 1.29 is 0 Å². The maximum absolute atomic E-state index is 9.48. The maximum atomic E-state index is 9.48. The highest BCUT2D eigenvalue weighted by atomic mass is 35.5. The van der Waals surface area contributed by atoms with Gasteiger partial charge in [-0.15, -0.1) is 0 Å². The van der Waals surface area contributed by atoms with E-state index >= 15 is 0 Å². The molecule has 96 valence electrons. The Hall–Kier alpha value is -1.78. The zero-order valence-electron chi connectivity index (χ0n) is 10.5. The first-order valence-electron chi connectivity index (χ1n) is 6.54. The quantitative estimate of drug-likeness (QED) is 0.777. The van der Waals surface area contributed by atoms with Gasteiger partial charge in [0.2, 0.25) is 0 Å². The third-order valence-electron chi connectivity index (χ3n) is 3.79. The molecule has 1 saturated carbocycles. The van der Waals surface area contributed by atoms with Crippen LogP contribution in [0.15, 0.2) is 0 Å². The van der Waals surface area contributed by atoms with Gasteiger partial charge < -0.3 is 4.90 Å². The molecule has 1 saturated heterocycles. The minimum Gasteiger partial charge on any atom is -0.355 e. The van der Waals surface area contributed by atoms with E-state index < -0.39 is 0 Å². The van der Waals surface area contributed by atoms with E-state index in [0.29, 0.717) is 22.9 Å². The first-order chi connectivity index (χ1) is 9.26. The lowest BCUT2D eigenvalue weighted by molar-refractivity contribution is 0.923. The zero-order chi connectivity index (χ0) is 13.4. The van der Waals surface area contributed by atoms with Crippen molar-refractivity contribution in [2.24, 2.45) is 0 Å². The molecule has 0 amide bonds. The minimum absolute atomic E-state index is 0.241. The summed E-state index contributed by atoms with van der Waals surface area (Å²) in [4.78, 5) is 6.42. The summed E-state index contributed by atoms with van der Waals surface area (Å²) in [5, 5.41) is 19.0. The second kappa shape index (κ2) is 4.72. The summed E-state index contributed by atoms with van der Waals surface area (Å²) in [6, 6.07) is 4.36. The van der Waals surface area contributed by atoms with Crippen LogP contribution in [0.3, 0.4) is 0 Å². The van der Waals surface area contributed by atoms with Gasteiger partial charge in [-0.1, -0.05) is 11.6 Å². The SMILES string of the molecule is N#Cc1c(Cl)nc(N2CCCC2)c(C#N)c1C1CC1. The molecule has 3 rings (SSSR count). The summed E-state index contributed by atoms with van der Waals surface area (Å²) in [7, 11) is 0. The van der Waals surface area contributed by atoms with Gasteiger partial charge in [0.1, 0.15) is 23.1 Å². The number of rotatable bonds is 2. The first kappa shape index (κ1) is 12.3. The zero-order valence-corrected chi connectivity index (χ0v) is 11.2. The lowest BCUT2D eigenvalue weighted by atomic mass is 10.00. The summed E-state index contributed by atoms with van der Waals surface area (Å²) in [6.07, 6.45) is 4.29. The van der Waals surface area contributed by atoms with Crippen LogP contribution in [0, 0.1) is 22.7 Å². The van der Waals surface area contributed by atoms with Crippen molar-refractivity contribution in [3.8, 4) is 12.1 Å². The fraction of sp³-hybridized carbons (Fsp3) is 0.500. The van der Waals surface area contributed by atoms with Crippen molar-refractivity contribution in [3.05, 3.63) is 21.8 Å². The molecule has 1 aliphatic heterocycles. The molecule has 2 heterocycles. The third kappa shape index (κ3) is 2.03.